The molecule has 4 nitrogen and oxygen atoms in total. The van der Waals surface area contributed by atoms with Crippen LogP contribution in [0.25, 0.3) is 0 Å². The molecule has 0 heterocycles. The van der Waals surface area contributed by atoms with Gasteiger partial charge in [0.1, 0.15) is 0 Å². The summed E-state index contributed by atoms with van der Waals surface area (Å²) < 4.78 is 27.7. The lowest BCUT2D eigenvalue weighted by Crippen LogP contribution is -2.09. The summed E-state index contributed by atoms with van der Waals surface area (Å²) >= 11 is 0. The number of aryl methyl sites for hydroxylation is 1. The number of hydrogen-bond acceptors (Lipinski definition) is 4. The molecular weight excluding hydrogens is 300 g/mol. The number of benzene rings is 1. The molecule has 0 bridgehead atoms. The van der Waals surface area contributed by atoms with Crippen molar-refractivity contribution in [2.24, 2.45) is 0 Å². The fourth-order valence-corrected chi connectivity index (χ4v) is 2.52. The predicted molar refractivity (Wildman–Crippen MR) is 78.6 cm³/mol. The summed E-state index contributed by atoms with van der Waals surface area (Å²) in [5.41, 5.74) is 0.898. The maximum absolute atomic E-state index is 11.9. The Labute approximate surface area is 124 Å². The highest BCUT2D eigenvalue weighted by atomic mass is 35.7. The number of halogens is 1. The van der Waals surface area contributed by atoms with Gasteiger partial charge in [-0.2, -0.15) is 0 Å². The van der Waals surface area contributed by atoms with Gasteiger partial charge >= 0.3 is 5.97 Å². The second-order valence-electron chi connectivity index (χ2n) is 4.61. The number of esters is 1. The standard InChI is InChI=1S/C14H19ClO4S/c1-3-4-5-6-9-19-14(16)13-10-12(20(15,17)18)8-7-11(13)2/h7-8,10H,3-6,9H2,1-2H3. The molecule has 0 atom stereocenters. The first kappa shape index (κ1) is 17.0. The second kappa shape index (κ2) is 7.64. The molecule has 6 heteroatoms. The molecule has 0 aliphatic carbocycles. The van der Waals surface area contributed by atoms with Crippen molar-refractivity contribution < 1.29 is 17.9 Å². The van der Waals surface area contributed by atoms with Gasteiger partial charge in [0.2, 0.25) is 0 Å². The van der Waals surface area contributed by atoms with E-state index in [0.29, 0.717) is 12.2 Å². The van der Waals surface area contributed by atoms with E-state index in [1.165, 1.54) is 12.1 Å². The van der Waals surface area contributed by atoms with Crippen LogP contribution >= 0.6 is 10.7 Å². The molecule has 0 spiro atoms. The molecule has 0 saturated heterocycles. The highest BCUT2D eigenvalue weighted by Crippen LogP contribution is 2.19. The zero-order valence-electron chi connectivity index (χ0n) is 11.7. The summed E-state index contributed by atoms with van der Waals surface area (Å²) in [5.74, 6) is -0.513. The van der Waals surface area contributed by atoms with E-state index >= 15 is 0 Å². The van der Waals surface area contributed by atoms with Gasteiger partial charge < -0.3 is 4.74 Å². The first-order valence-electron chi connectivity index (χ1n) is 6.58. The van der Waals surface area contributed by atoms with Crippen LogP contribution in [0.15, 0.2) is 23.1 Å². The molecule has 0 unspecified atom stereocenters. The third kappa shape index (κ3) is 5.13. The van der Waals surface area contributed by atoms with Gasteiger partial charge in [-0.3, -0.25) is 0 Å². The predicted octanol–water partition coefficient (Wildman–Crippen LogP) is 3.66. The van der Waals surface area contributed by atoms with Crippen molar-refractivity contribution in [1.29, 1.82) is 0 Å². The Morgan fingerprint density at radius 3 is 2.55 bits per heavy atom. The smallest absolute Gasteiger partial charge is 0.338 e. The van der Waals surface area contributed by atoms with Crippen LogP contribution in [0.5, 0.6) is 0 Å². The summed E-state index contributed by atoms with van der Waals surface area (Å²) in [4.78, 5) is 11.8. The molecule has 0 fully saturated rings. The highest BCUT2D eigenvalue weighted by Gasteiger charge is 2.16. The molecule has 0 amide bonds. The number of unbranched alkanes of at least 4 members (excludes halogenated alkanes) is 3. The van der Waals surface area contributed by atoms with Crippen LogP contribution in [0.4, 0.5) is 0 Å². The van der Waals surface area contributed by atoms with Crippen molar-refractivity contribution in [3.63, 3.8) is 0 Å². The van der Waals surface area contributed by atoms with Gasteiger partial charge in [-0.25, -0.2) is 13.2 Å². The number of ether oxygens (including phenoxy) is 1. The minimum absolute atomic E-state index is 0.0947. The second-order valence-corrected chi connectivity index (χ2v) is 7.18. The van der Waals surface area contributed by atoms with Crippen LogP contribution < -0.4 is 0 Å². The Bertz CT molecular complexity index is 567. The van der Waals surface area contributed by atoms with Crippen LogP contribution in [0.1, 0.15) is 48.5 Å². The fourth-order valence-electron chi connectivity index (χ4n) is 1.74. The normalized spacial score (nSPS) is 11.3. The van der Waals surface area contributed by atoms with E-state index in [1.54, 1.807) is 13.0 Å². The van der Waals surface area contributed by atoms with Crippen molar-refractivity contribution in [3.05, 3.63) is 29.3 Å². The molecule has 0 radical (unpaired) electrons. The summed E-state index contributed by atoms with van der Waals surface area (Å²) in [6.45, 7) is 4.17. The minimum Gasteiger partial charge on any atom is -0.462 e. The minimum atomic E-state index is -3.84. The third-order valence-corrected chi connectivity index (χ3v) is 4.29. The molecule has 1 aromatic rings. The van der Waals surface area contributed by atoms with Gasteiger partial charge in [-0.05, 0) is 31.0 Å². The molecule has 0 aliphatic rings. The highest BCUT2D eigenvalue weighted by molar-refractivity contribution is 8.13. The SMILES string of the molecule is CCCCCCOC(=O)c1cc(S(=O)(=O)Cl)ccc1C. The van der Waals surface area contributed by atoms with Crippen molar-refractivity contribution in [2.75, 3.05) is 6.61 Å². The van der Waals surface area contributed by atoms with Gasteiger partial charge in [0.25, 0.3) is 9.05 Å². The Hall–Kier alpha value is -1.07. The van der Waals surface area contributed by atoms with Crippen LogP contribution in [-0.2, 0) is 13.8 Å². The monoisotopic (exact) mass is 318 g/mol. The summed E-state index contributed by atoms with van der Waals surface area (Å²) in [7, 11) is 1.43. The van der Waals surface area contributed by atoms with E-state index in [9.17, 15) is 13.2 Å². The molecule has 1 rings (SSSR count). The van der Waals surface area contributed by atoms with E-state index in [0.717, 1.165) is 25.7 Å². The lowest BCUT2D eigenvalue weighted by Gasteiger charge is -2.08. The third-order valence-electron chi connectivity index (χ3n) is 2.94. The average Bonchev–Trinajstić information content (AvgIpc) is 2.37. The number of carbonyl (C=O) groups is 1. The van der Waals surface area contributed by atoms with Crippen molar-refractivity contribution in [2.45, 2.75) is 44.4 Å². The zero-order valence-corrected chi connectivity index (χ0v) is 13.3. The first-order valence-corrected chi connectivity index (χ1v) is 8.89. The van der Waals surface area contributed by atoms with E-state index in [-0.39, 0.29) is 10.5 Å². The molecule has 0 aromatic heterocycles. The molecule has 1 aromatic carbocycles. The molecule has 0 N–H and O–H groups in total. The van der Waals surface area contributed by atoms with Gasteiger partial charge in [0.15, 0.2) is 0 Å². The van der Waals surface area contributed by atoms with Crippen molar-refractivity contribution in [1.82, 2.24) is 0 Å². The Balaban J connectivity index is 2.72. The number of carbonyl (C=O) groups excluding carboxylic acids is 1. The Morgan fingerprint density at radius 1 is 1.25 bits per heavy atom. The van der Waals surface area contributed by atoms with Crippen LogP contribution in [0, 0.1) is 6.92 Å². The zero-order chi connectivity index (χ0) is 15.2. The molecule has 20 heavy (non-hydrogen) atoms. The molecule has 0 saturated carbocycles. The van der Waals surface area contributed by atoms with Gasteiger partial charge in [-0.15, -0.1) is 0 Å². The summed E-state index contributed by atoms with van der Waals surface area (Å²) in [6, 6.07) is 4.17. The van der Waals surface area contributed by atoms with E-state index in [2.05, 4.69) is 6.92 Å². The van der Waals surface area contributed by atoms with Crippen LogP contribution in [0.3, 0.4) is 0 Å². The summed E-state index contributed by atoms with van der Waals surface area (Å²) in [5, 5.41) is 0. The summed E-state index contributed by atoms with van der Waals surface area (Å²) in [6.07, 6.45) is 4.05. The topological polar surface area (TPSA) is 60.4 Å². The quantitative estimate of drug-likeness (QED) is 0.437. The molecule has 112 valence electrons. The fraction of sp³-hybridized carbons (Fsp3) is 0.500. The van der Waals surface area contributed by atoms with Crippen LogP contribution in [0.2, 0.25) is 0 Å². The van der Waals surface area contributed by atoms with Crippen LogP contribution in [-0.4, -0.2) is 21.0 Å². The van der Waals surface area contributed by atoms with E-state index < -0.39 is 15.0 Å². The van der Waals surface area contributed by atoms with Crippen molar-refractivity contribution >= 4 is 25.7 Å². The number of hydrogen-bond donors (Lipinski definition) is 0. The maximum Gasteiger partial charge on any atom is 0.338 e. The van der Waals surface area contributed by atoms with Crippen molar-refractivity contribution in [3.8, 4) is 0 Å². The lowest BCUT2D eigenvalue weighted by atomic mass is 10.1. The maximum atomic E-state index is 11.9. The lowest BCUT2D eigenvalue weighted by molar-refractivity contribution is 0.0496. The van der Waals surface area contributed by atoms with Gasteiger partial charge in [0, 0.05) is 10.7 Å². The van der Waals surface area contributed by atoms with E-state index in [1.807, 2.05) is 0 Å². The molecule has 0 aliphatic heterocycles. The largest absolute Gasteiger partial charge is 0.462 e. The average molecular weight is 319 g/mol. The van der Waals surface area contributed by atoms with Gasteiger partial charge in [-0.1, -0.05) is 32.3 Å². The molecular formula is C14H19ClO4S. The Morgan fingerprint density at radius 2 is 1.95 bits per heavy atom. The first-order chi connectivity index (χ1) is 9.36. The Kier molecular flexibility index (Phi) is 6.49. The van der Waals surface area contributed by atoms with E-state index in [4.69, 9.17) is 15.4 Å². The van der Waals surface area contributed by atoms with Gasteiger partial charge in [0.05, 0.1) is 17.1 Å². The number of rotatable bonds is 7.